The zero-order valence-electron chi connectivity index (χ0n) is 9.16. The van der Waals surface area contributed by atoms with E-state index in [0.717, 1.165) is 6.54 Å². The fraction of sp³-hybridized carbons (Fsp3) is 0.583. The third-order valence-corrected chi connectivity index (χ3v) is 2.37. The van der Waals surface area contributed by atoms with Crippen molar-refractivity contribution in [2.24, 2.45) is 0 Å². The van der Waals surface area contributed by atoms with E-state index < -0.39 is 0 Å². The Kier molecular flexibility index (Phi) is 5.23. The Morgan fingerprint density at radius 1 is 1.50 bits per heavy atom. The number of pyridine rings is 1. The molecule has 0 aliphatic carbocycles. The van der Waals surface area contributed by atoms with Gasteiger partial charge < -0.3 is 5.32 Å². The number of nitrogens with zero attached hydrogens (tertiary/aromatic N) is 1. The first kappa shape index (κ1) is 11.2. The molecule has 1 aromatic heterocycles. The number of rotatable bonds is 6. The second kappa shape index (κ2) is 6.55. The fourth-order valence-electron chi connectivity index (χ4n) is 1.41. The van der Waals surface area contributed by atoms with Gasteiger partial charge in [-0.25, -0.2) is 0 Å². The normalized spacial score (nSPS) is 12.7. The van der Waals surface area contributed by atoms with Crippen LogP contribution in [0.2, 0.25) is 0 Å². The van der Waals surface area contributed by atoms with Crippen molar-refractivity contribution in [3.63, 3.8) is 0 Å². The molecule has 2 heteroatoms. The lowest BCUT2D eigenvalue weighted by atomic mass is 10.1. The summed E-state index contributed by atoms with van der Waals surface area (Å²) >= 11 is 0. The molecule has 14 heavy (non-hydrogen) atoms. The molecule has 1 atom stereocenters. The summed E-state index contributed by atoms with van der Waals surface area (Å²) in [5, 5.41) is 3.49. The minimum Gasteiger partial charge on any atom is -0.310 e. The van der Waals surface area contributed by atoms with E-state index in [1.165, 1.54) is 24.8 Å². The van der Waals surface area contributed by atoms with Crippen molar-refractivity contribution >= 4 is 0 Å². The molecule has 1 unspecified atom stereocenters. The maximum Gasteiger partial charge on any atom is 0.0312 e. The van der Waals surface area contributed by atoms with E-state index >= 15 is 0 Å². The zero-order valence-corrected chi connectivity index (χ0v) is 9.16. The van der Waals surface area contributed by atoms with Gasteiger partial charge in [0.1, 0.15) is 0 Å². The first-order chi connectivity index (χ1) is 6.83. The summed E-state index contributed by atoms with van der Waals surface area (Å²) in [5.74, 6) is 0. The van der Waals surface area contributed by atoms with Crippen molar-refractivity contribution < 1.29 is 0 Å². The smallest absolute Gasteiger partial charge is 0.0312 e. The number of nitrogens with one attached hydrogen (secondary N) is 1. The molecule has 0 amide bonds. The minimum absolute atomic E-state index is 0.607. The molecule has 0 saturated carbocycles. The van der Waals surface area contributed by atoms with Gasteiger partial charge in [0.05, 0.1) is 0 Å². The highest BCUT2D eigenvalue weighted by Crippen LogP contribution is 2.01. The predicted octanol–water partition coefficient (Wildman–Crippen LogP) is 2.75. The molecule has 1 rings (SSSR count). The molecule has 0 aliphatic heterocycles. The van der Waals surface area contributed by atoms with Gasteiger partial charge in [-0.2, -0.15) is 0 Å². The lowest BCUT2D eigenvalue weighted by Gasteiger charge is -2.12. The van der Waals surface area contributed by atoms with Crippen LogP contribution < -0.4 is 5.32 Å². The van der Waals surface area contributed by atoms with Crippen molar-refractivity contribution in [3.8, 4) is 0 Å². The molecule has 1 N–H and O–H groups in total. The average molecular weight is 192 g/mol. The van der Waals surface area contributed by atoms with Crippen molar-refractivity contribution in [3.05, 3.63) is 30.1 Å². The highest BCUT2D eigenvalue weighted by molar-refractivity contribution is 5.07. The molecule has 0 bridgehead atoms. The maximum absolute atomic E-state index is 4.08. The number of unbranched alkanes of at least 4 members (excludes halogenated alkanes) is 1. The van der Waals surface area contributed by atoms with Crippen molar-refractivity contribution in [2.75, 3.05) is 0 Å². The Morgan fingerprint density at radius 2 is 2.36 bits per heavy atom. The molecule has 0 aliphatic rings. The average Bonchev–Trinajstić information content (AvgIpc) is 2.25. The van der Waals surface area contributed by atoms with Crippen LogP contribution in [0.15, 0.2) is 24.5 Å². The Labute approximate surface area is 86.8 Å². The Balaban J connectivity index is 2.20. The molecule has 0 aromatic carbocycles. The van der Waals surface area contributed by atoms with Crippen LogP contribution in [0.4, 0.5) is 0 Å². The van der Waals surface area contributed by atoms with E-state index in [1.807, 2.05) is 18.5 Å². The summed E-state index contributed by atoms with van der Waals surface area (Å²) in [6, 6.07) is 4.69. The molecule has 0 radical (unpaired) electrons. The van der Waals surface area contributed by atoms with Crippen molar-refractivity contribution in [1.29, 1.82) is 0 Å². The number of aromatic nitrogens is 1. The van der Waals surface area contributed by atoms with E-state index in [9.17, 15) is 0 Å². The molecule has 1 aromatic rings. The van der Waals surface area contributed by atoms with Gasteiger partial charge in [-0.1, -0.05) is 25.8 Å². The highest BCUT2D eigenvalue weighted by atomic mass is 14.9. The fourth-order valence-corrected chi connectivity index (χ4v) is 1.41. The van der Waals surface area contributed by atoms with Crippen LogP contribution in [-0.2, 0) is 6.54 Å². The van der Waals surface area contributed by atoms with Crippen LogP contribution in [0.1, 0.15) is 38.7 Å². The molecule has 0 spiro atoms. The van der Waals surface area contributed by atoms with Crippen LogP contribution in [0, 0.1) is 0 Å². The Bertz CT molecular complexity index is 233. The predicted molar refractivity (Wildman–Crippen MR) is 60.1 cm³/mol. The van der Waals surface area contributed by atoms with E-state index in [4.69, 9.17) is 0 Å². The number of hydrogen-bond acceptors (Lipinski definition) is 2. The topological polar surface area (TPSA) is 24.9 Å². The Morgan fingerprint density at radius 3 is 3.00 bits per heavy atom. The summed E-state index contributed by atoms with van der Waals surface area (Å²) in [6.45, 7) is 5.40. The van der Waals surface area contributed by atoms with Crippen LogP contribution in [0.3, 0.4) is 0 Å². The molecular formula is C12H20N2. The first-order valence-electron chi connectivity index (χ1n) is 5.45. The van der Waals surface area contributed by atoms with Gasteiger partial charge in [0.15, 0.2) is 0 Å². The summed E-state index contributed by atoms with van der Waals surface area (Å²) in [6.07, 6.45) is 7.57. The lowest BCUT2D eigenvalue weighted by molar-refractivity contribution is 0.494. The van der Waals surface area contributed by atoms with Gasteiger partial charge >= 0.3 is 0 Å². The third-order valence-electron chi connectivity index (χ3n) is 2.37. The van der Waals surface area contributed by atoms with E-state index in [0.29, 0.717) is 6.04 Å². The van der Waals surface area contributed by atoms with Gasteiger partial charge in [0.2, 0.25) is 0 Å². The minimum atomic E-state index is 0.607. The van der Waals surface area contributed by atoms with E-state index in [2.05, 4.69) is 30.2 Å². The summed E-state index contributed by atoms with van der Waals surface area (Å²) in [5.41, 5.74) is 1.26. The van der Waals surface area contributed by atoms with Crippen molar-refractivity contribution in [1.82, 2.24) is 10.3 Å². The quantitative estimate of drug-likeness (QED) is 0.749. The van der Waals surface area contributed by atoms with Crippen LogP contribution in [0.5, 0.6) is 0 Å². The van der Waals surface area contributed by atoms with Gasteiger partial charge in [-0.05, 0) is 25.0 Å². The SMILES string of the molecule is CCCCC(C)NCc1cccnc1. The van der Waals surface area contributed by atoms with Crippen molar-refractivity contribution in [2.45, 2.75) is 45.7 Å². The standard InChI is InChI=1S/C12H20N2/c1-3-4-6-11(2)14-10-12-7-5-8-13-9-12/h5,7-9,11,14H,3-4,6,10H2,1-2H3. The summed E-state index contributed by atoms with van der Waals surface area (Å²) in [7, 11) is 0. The molecule has 1 heterocycles. The maximum atomic E-state index is 4.08. The molecule has 0 saturated heterocycles. The second-order valence-electron chi connectivity index (χ2n) is 3.79. The van der Waals surface area contributed by atoms with Gasteiger partial charge in [-0.3, -0.25) is 4.98 Å². The van der Waals surface area contributed by atoms with Crippen LogP contribution in [-0.4, -0.2) is 11.0 Å². The van der Waals surface area contributed by atoms with Gasteiger partial charge in [0, 0.05) is 25.0 Å². The summed E-state index contributed by atoms with van der Waals surface area (Å²) < 4.78 is 0. The Hall–Kier alpha value is -0.890. The largest absolute Gasteiger partial charge is 0.310 e. The first-order valence-corrected chi connectivity index (χ1v) is 5.45. The third kappa shape index (κ3) is 4.38. The lowest BCUT2D eigenvalue weighted by Crippen LogP contribution is -2.25. The molecule has 2 nitrogen and oxygen atoms in total. The van der Waals surface area contributed by atoms with Gasteiger partial charge in [-0.15, -0.1) is 0 Å². The highest BCUT2D eigenvalue weighted by Gasteiger charge is 1.99. The molecule has 0 fully saturated rings. The molecule has 78 valence electrons. The zero-order chi connectivity index (χ0) is 10.2. The molecular weight excluding hydrogens is 172 g/mol. The summed E-state index contributed by atoms with van der Waals surface area (Å²) in [4.78, 5) is 4.08. The van der Waals surface area contributed by atoms with Crippen LogP contribution in [0.25, 0.3) is 0 Å². The van der Waals surface area contributed by atoms with E-state index in [1.54, 1.807) is 0 Å². The monoisotopic (exact) mass is 192 g/mol. The second-order valence-corrected chi connectivity index (χ2v) is 3.79. The van der Waals surface area contributed by atoms with E-state index in [-0.39, 0.29) is 0 Å². The van der Waals surface area contributed by atoms with Crippen LogP contribution >= 0.6 is 0 Å². The number of hydrogen-bond donors (Lipinski definition) is 1. The van der Waals surface area contributed by atoms with Gasteiger partial charge in [0.25, 0.3) is 0 Å².